The Balaban J connectivity index is 2.38. The molecule has 1 heterocycles. The van der Waals surface area contributed by atoms with Crippen LogP contribution in [0.3, 0.4) is 0 Å². The van der Waals surface area contributed by atoms with Crippen LogP contribution in [0.5, 0.6) is 0 Å². The van der Waals surface area contributed by atoms with E-state index in [1.807, 2.05) is 6.92 Å². The SMILES string of the molecule is CCC1C(=O)NC(=O)CN1c1ccc(C(C)=O)c(Br)c1. The highest BCUT2D eigenvalue weighted by atomic mass is 79.9. The summed E-state index contributed by atoms with van der Waals surface area (Å²) < 4.78 is 0.663. The lowest BCUT2D eigenvalue weighted by Gasteiger charge is -2.35. The zero-order valence-corrected chi connectivity index (χ0v) is 12.9. The Morgan fingerprint density at radius 2 is 2.15 bits per heavy atom. The molecule has 0 bridgehead atoms. The number of rotatable bonds is 3. The monoisotopic (exact) mass is 338 g/mol. The van der Waals surface area contributed by atoms with Gasteiger partial charge in [0.1, 0.15) is 6.04 Å². The van der Waals surface area contributed by atoms with Gasteiger partial charge in [0.05, 0.1) is 6.54 Å². The largest absolute Gasteiger partial charge is 0.350 e. The molecule has 106 valence electrons. The van der Waals surface area contributed by atoms with Gasteiger partial charge in [0.15, 0.2) is 5.78 Å². The molecule has 0 radical (unpaired) electrons. The third-order valence-corrected chi connectivity index (χ3v) is 3.96. The van der Waals surface area contributed by atoms with Crippen LogP contribution in [0.15, 0.2) is 22.7 Å². The first kappa shape index (κ1) is 14.7. The molecule has 1 aliphatic rings. The minimum absolute atomic E-state index is 0.0390. The molecule has 2 rings (SSSR count). The number of carbonyl (C=O) groups excluding carboxylic acids is 3. The van der Waals surface area contributed by atoms with Gasteiger partial charge in [-0.3, -0.25) is 19.7 Å². The van der Waals surface area contributed by atoms with Gasteiger partial charge in [-0.25, -0.2) is 0 Å². The van der Waals surface area contributed by atoms with E-state index < -0.39 is 0 Å². The maximum Gasteiger partial charge on any atom is 0.249 e. The van der Waals surface area contributed by atoms with Gasteiger partial charge >= 0.3 is 0 Å². The standard InChI is InChI=1S/C14H15BrN2O3/c1-3-12-14(20)16-13(19)7-17(12)9-4-5-10(8(2)18)11(15)6-9/h4-6,12H,3,7H2,1-2H3,(H,16,19,20). The maximum absolute atomic E-state index is 11.8. The third-order valence-electron chi connectivity index (χ3n) is 3.31. The maximum atomic E-state index is 11.8. The van der Waals surface area contributed by atoms with Crippen LogP contribution in [0.1, 0.15) is 30.6 Å². The number of amides is 2. The molecule has 0 spiro atoms. The highest BCUT2D eigenvalue weighted by molar-refractivity contribution is 9.10. The normalized spacial score (nSPS) is 18.9. The zero-order chi connectivity index (χ0) is 14.9. The van der Waals surface area contributed by atoms with Gasteiger partial charge in [0.2, 0.25) is 11.8 Å². The van der Waals surface area contributed by atoms with Crippen molar-refractivity contribution in [3.63, 3.8) is 0 Å². The number of nitrogens with zero attached hydrogens (tertiary/aromatic N) is 1. The number of anilines is 1. The van der Waals surface area contributed by atoms with Gasteiger partial charge in [0.25, 0.3) is 0 Å². The van der Waals surface area contributed by atoms with Gasteiger partial charge in [-0.15, -0.1) is 0 Å². The highest BCUT2D eigenvalue weighted by Gasteiger charge is 2.32. The van der Waals surface area contributed by atoms with E-state index >= 15 is 0 Å². The van der Waals surface area contributed by atoms with E-state index in [4.69, 9.17) is 0 Å². The minimum atomic E-state index is -0.372. The Morgan fingerprint density at radius 1 is 1.45 bits per heavy atom. The first-order valence-electron chi connectivity index (χ1n) is 6.35. The molecule has 5 nitrogen and oxygen atoms in total. The van der Waals surface area contributed by atoms with Gasteiger partial charge in [-0.1, -0.05) is 6.92 Å². The van der Waals surface area contributed by atoms with E-state index in [0.29, 0.717) is 16.5 Å². The summed E-state index contributed by atoms with van der Waals surface area (Å²) in [5, 5.41) is 2.34. The van der Waals surface area contributed by atoms with Crippen molar-refractivity contribution in [3.05, 3.63) is 28.2 Å². The van der Waals surface area contributed by atoms with Crippen LogP contribution in [0, 0.1) is 0 Å². The lowest BCUT2D eigenvalue weighted by atomic mass is 10.1. The smallest absolute Gasteiger partial charge is 0.249 e. The molecule has 1 saturated heterocycles. The molecule has 1 fully saturated rings. The number of Topliss-reactive ketones (excluding diaryl/α,β-unsaturated/α-hetero) is 1. The molecule has 1 aromatic carbocycles. The van der Waals surface area contributed by atoms with Crippen molar-refractivity contribution < 1.29 is 14.4 Å². The topological polar surface area (TPSA) is 66.5 Å². The number of benzene rings is 1. The van der Waals surface area contributed by atoms with Crippen molar-refractivity contribution in [3.8, 4) is 0 Å². The number of hydrogen-bond acceptors (Lipinski definition) is 4. The van der Waals surface area contributed by atoms with Crippen molar-refractivity contribution in [2.75, 3.05) is 11.4 Å². The van der Waals surface area contributed by atoms with Crippen LogP contribution in [0.2, 0.25) is 0 Å². The number of hydrogen-bond donors (Lipinski definition) is 1. The predicted molar refractivity (Wildman–Crippen MR) is 78.7 cm³/mol. The molecule has 1 unspecified atom stereocenters. The van der Waals surface area contributed by atoms with Crippen molar-refractivity contribution >= 4 is 39.2 Å². The van der Waals surface area contributed by atoms with Crippen molar-refractivity contribution in [1.82, 2.24) is 5.32 Å². The Bertz CT molecular complexity index is 586. The Hall–Kier alpha value is -1.69. The van der Waals surface area contributed by atoms with Crippen LogP contribution in [-0.4, -0.2) is 30.2 Å². The summed E-state index contributed by atoms with van der Waals surface area (Å²) in [5.41, 5.74) is 1.33. The lowest BCUT2D eigenvalue weighted by molar-refractivity contribution is -0.132. The summed E-state index contributed by atoms with van der Waals surface area (Å²) in [4.78, 5) is 36.6. The second-order valence-electron chi connectivity index (χ2n) is 4.68. The molecule has 2 amide bonds. The summed E-state index contributed by atoms with van der Waals surface area (Å²) in [5.74, 6) is -0.634. The van der Waals surface area contributed by atoms with Crippen LogP contribution in [0.25, 0.3) is 0 Å². The molecule has 1 atom stereocenters. The number of halogens is 1. The molecular formula is C14H15BrN2O3. The number of ketones is 1. The van der Waals surface area contributed by atoms with Crippen molar-refractivity contribution in [2.45, 2.75) is 26.3 Å². The third kappa shape index (κ3) is 2.75. The number of nitrogens with one attached hydrogen (secondary N) is 1. The molecular weight excluding hydrogens is 324 g/mol. The summed E-state index contributed by atoms with van der Waals surface area (Å²) in [7, 11) is 0. The van der Waals surface area contributed by atoms with Gasteiger partial charge < -0.3 is 4.90 Å². The second-order valence-corrected chi connectivity index (χ2v) is 5.54. The van der Waals surface area contributed by atoms with Crippen LogP contribution >= 0.6 is 15.9 Å². The Labute approximate surface area is 125 Å². The Morgan fingerprint density at radius 3 is 2.70 bits per heavy atom. The second kappa shape index (κ2) is 5.75. The van der Waals surface area contributed by atoms with E-state index in [2.05, 4.69) is 21.2 Å². The van der Waals surface area contributed by atoms with Crippen molar-refractivity contribution in [1.29, 1.82) is 0 Å². The summed E-state index contributed by atoms with van der Waals surface area (Å²) >= 11 is 3.35. The first-order valence-corrected chi connectivity index (χ1v) is 7.14. The molecule has 0 aliphatic carbocycles. The molecule has 0 aromatic heterocycles. The molecule has 0 saturated carbocycles. The molecule has 1 aromatic rings. The average molecular weight is 339 g/mol. The van der Waals surface area contributed by atoms with E-state index in [0.717, 1.165) is 5.69 Å². The Kier molecular flexibility index (Phi) is 4.23. The van der Waals surface area contributed by atoms with E-state index in [1.165, 1.54) is 6.92 Å². The quantitative estimate of drug-likeness (QED) is 0.675. The fraction of sp³-hybridized carbons (Fsp3) is 0.357. The predicted octanol–water partition coefficient (Wildman–Crippen LogP) is 1.89. The van der Waals surface area contributed by atoms with E-state index in [1.54, 1.807) is 23.1 Å². The van der Waals surface area contributed by atoms with Crippen molar-refractivity contribution in [2.24, 2.45) is 0 Å². The summed E-state index contributed by atoms with van der Waals surface area (Å²) in [6.07, 6.45) is 0.602. The zero-order valence-electron chi connectivity index (χ0n) is 11.3. The molecule has 6 heteroatoms. The molecule has 1 N–H and O–H groups in total. The van der Waals surface area contributed by atoms with Gasteiger partial charge in [-0.05, 0) is 47.5 Å². The van der Waals surface area contributed by atoms with E-state index in [-0.39, 0.29) is 30.2 Å². The summed E-state index contributed by atoms with van der Waals surface area (Å²) in [6.45, 7) is 3.52. The summed E-state index contributed by atoms with van der Waals surface area (Å²) in [6, 6.07) is 4.86. The van der Waals surface area contributed by atoms with E-state index in [9.17, 15) is 14.4 Å². The van der Waals surface area contributed by atoms with Gasteiger partial charge in [0, 0.05) is 15.7 Å². The average Bonchev–Trinajstić information content (AvgIpc) is 2.37. The van der Waals surface area contributed by atoms with Crippen LogP contribution in [-0.2, 0) is 9.59 Å². The van der Waals surface area contributed by atoms with Gasteiger partial charge in [-0.2, -0.15) is 0 Å². The molecule has 1 aliphatic heterocycles. The first-order chi connectivity index (χ1) is 9.43. The lowest BCUT2D eigenvalue weighted by Crippen LogP contribution is -2.58. The number of carbonyl (C=O) groups is 3. The fourth-order valence-corrected chi connectivity index (χ4v) is 2.96. The van der Waals surface area contributed by atoms with Crippen LogP contribution < -0.4 is 10.2 Å². The number of imide groups is 1. The fourth-order valence-electron chi connectivity index (χ4n) is 2.31. The minimum Gasteiger partial charge on any atom is -0.350 e. The molecule has 20 heavy (non-hydrogen) atoms. The number of piperazine rings is 1. The van der Waals surface area contributed by atoms with Crippen LogP contribution in [0.4, 0.5) is 5.69 Å². The highest BCUT2D eigenvalue weighted by Crippen LogP contribution is 2.27.